The molecule has 0 fully saturated rings. The minimum absolute atomic E-state index is 0.0833. The predicted octanol–water partition coefficient (Wildman–Crippen LogP) is 4.86. The molecule has 0 radical (unpaired) electrons. The van der Waals surface area contributed by atoms with Crippen molar-refractivity contribution in [2.24, 2.45) is 0 Å². The minimum Gasteiger partial charge on any atom is -0.369 e. The summed E-state index contributed by atoms with van der Waals surface area (Å²) in [7, 11) is 0. The van der Waals surface area contributed by atoms with E-state index in [9.17, 15) is 4.79 Å². The molecule has 3 aromatic rings. The van der Waals surface area contributed by atoms with E-state index < -0.39 is 6.04 Å². The first-order valence-corrected chi connectivity index (χ1v) is 9.67. The van der Waals surface area contributed by atoms with Crippen molar-refractivity contribution in [3.8, 4) is 0 Å². The highest BCUT2D eigenvalue weighted by atomic mass is 35.5. The maximum atomic E-state index is 13.0. The molecule has 1 heterocycles. The van der Waals surface area contributed by atoms with Crippen molar-refractivity contribution in [1.29, 1.82) is 0 Å². The van der Waals surface area contributed by atoms with Gasteiger partial charge in [0.05, 0.1) is 10.7 Å². The SMILES string of the molecule is Cc1ccc(N[C@@H](C(=O)NCCc2ccncc2)c2ccccc2C)c(Cl)c1. The van der Waals surface area contributed by atoms with Gasteiger partial charge in [0.1, 0.15) is 6.04 Å². The number of rotatable bonds is 7. The lowest BCUT2D eigenvalue weighted by molar-refractivity contribution is -0.121. The molecule has 4 nitrogen and oxygen atoms in total. The van der Waals surface area contributed by atoms with Gasteiger partial charge in [0, 0.05) is 18.9 Å². The average Bonchev–Trinajstić information content (AvgIpc) is 2.69. The molecule has 0 saturated heterocycles. The zero-order chi connectivity index (χ0) is 19.9. The molecule has 0 aliphatic carbocycles. The Kier molecular flexibility index (Phi) is 6.66. The van der Waals surface area contributed by atoms with Crippen LogP contribution < -0.4 is 10.6 Å². The smallest absolute Gasteiger partial charge is 0.247 e. The van der Waals surface area contributed by atoms with Crippen molar-refractivity contribution in [3.05, 3.63) is 94.3 Å². The summed E-state index contributed by atoms with van der Waals surface area (Å²) < 4.78 is 0. The van der Waals surface area contributed by atoms with E-state index in [4.69, 9.17) is 11.6 Å². The Labute approximate surface area is 171 Å². The fourth-order valence-corrected chi connectivity index (χ4v) is 3.36. The van der Waals surface area contributed by atoms with E-state index in [0.29, 0.717) is 11.6 Å². The monoisotopic (exact) mass is 393 g/mol. The molecule has 0 aliphatic rings. The largest absolute Gasteiger partial charge is 0.369 e. The van der Waals surface area contributed by atoms with Crippen LogP contribution in [0, 0.1) is 13.8 Å². The van der Waals surface area contributed by atoms with Crippen molar-refractivity contribution in [2.45, 2.75) is 26.3 Å². The summed E-state index contributed by atoms with van der Waals surface area (Å²) in [4.78, 5) is 17.1. The van der Waals surface area contributed by atoms with Crippen LogP contribution >= 0.6 is 11.6 Å². The highest BCUT2D eigenvalue weighted by Crippen LogP contribution is 2.28. The molecule has 0 unspecified atom stereocenters. The number of hydrogen-bond acceptors (Lipinski definition) is 3. The van der Waals surface area contributed by atoms with Crippen LogP contribution in [-0.4, -0.2) is 17.4 Å². The van der Waals surface area contributed by atoms with Crippen LogP contribution in [0.1, 0.15) is 28.3 Å². The lowest BCUT2D eigenvalue weighted by atomic mass is 10.00. The number of carbonyl (C=O) groups is 1. The molecule has 1 atom stereocenters. The Morgan fingerprint density at radius 3 is 2.54 bits per heavy atom. The van der Waals surface area contributed by atoms with Crippen molar-refractivity contribution >= 4 is 23.2 Å². The summed E-state index contributed by atoms with van der Waals surface area (Å²) >= 11 is 6.39. The van der Waals surface area contributed by atoms with Gasteiger partial charge in [-0.05, 0) is 66.8 Å². The molecule has 3 rings (SSSR count). The minimum atomic E-state index is -0.529. The molecule has 2 aromatic carbocycles. The maximum absolute atomic E-state index is 13.0. The van der Waals surface area contributed by atoms with Gasteiger partial charge in [-0.2, -0.15) is 0 Å². The number of pyridine rings is 1. The van der Waals surface area contributed by atoms with Crippen LogP contribution in [0.2, 0.25) is 5.02 Å². The topological polar surface area (TPSA) is 54.0 Å². The molecule has 0 spiro atoms. The Morgan fingerprint density at radius 2 is 1.82 bits per heavy atom. The number of anilines is 1. The first kappa shape index (κ1) is 19.9. The van der Waals surface area contributed by atoms with E-state index in [-0.39, 0.29) is 5.91 Å². The third-order valence-electron chi connectivity index (χ3n) is 4.65. The first-order valence-electron chi connectivity index (χ1n) is 9.29. The van der Waals surface area contributed by atoms with E-state index in [1.54, 1.807) is 12.4 Å². The van der Waals surface area contributed by atoms with E-state index in [2.05, 4.69) is 15.6 Å². The van der Waals surface area contributed by atoms with Gasteiger partial charge in [-0.25, -0.2) is 0 Å². The Morgan fingerprint density at radius 1 is 1.07 bits per heavy atom. The normalized spacial score (nSPS) is 11.7. The summed E-state index contributed by atoms with van der Waals surface area (Å²) in [6, 6.07) is 17.0. The van der Waals surface area contributed by atoms with Gasteiger partial charge in [-0.3, -0.25) is 9.78 Å². The summed E-state index contributed by atoms with van der Waals surface area (Å²) in [5, 5.41) is 6.97. The number of aryl methyl sites for hydroxylation is 2. The highest BCUT2D eigenvalue weighted by Gasteiger charge is 2.22. The highest BCUT2D eigenvalue weighted by molar-refractivity contribution is 6.33. The molecular weight excluding hydrogens is 370 g/mol. The van der Waals surface area contributed by atoms with Gasteiger partial charge >= 0.3 is 0 Å². The molecule has 28 heavy (non-hydrogen) atoms. The van der Waals surface area contributed by atoms with Crippen molar-refractivity contribution in [1.82, 2.24) is 10.3 Å². The summed E-state index contributed by atoms with van der Waals surface area (Å²) in [5.41, 5.74) is 4.93. The van der Waals surface area contributed by atoms with Crippen LogP contribution in [0.15, 0.2) is 67.0 Å². The summed E-state index contributed by atoms with van der Waals surface area (Å²) in [5.74, 6) is -0.0833. The fourth-order valence-electron chi connectivity index (χ4n) is 3.07. The first-order chi connectivity index (χ1) is 13.5. The van der Waals surface area contributed by atoms with Gasteiger partial charge in [-0.15, -0.1) is 0 Å². The zero-order valence-electron chi connectivity index (χ0n) is 16.1. The van der Waals surface area contributed by atoms with E-state index in [1.807, 2.05) is 68.4 Å². The standard InChI is InChI=1S/C23H24ClN3O/c1-16-7-8-21(20(24)15-16)27-22(19-6-4-3-5-17(19)2)23(28)26-14-11-18-9-12-25-13-10-18/h3-10,12-13,15,22,27H,11,14H2,1-2H3,(H,26,28)/t22-/m1/s1. The zero-order valence-corrected chi connectivity index (χ0v) is 16.8. The van der Waals surface area contributed by atoms with E-state index in [1.165, 1.54) is 0 Å². The lowest BCUT2D eigenvalue weighted by Gasteiger charge is -2.22. The van der Waals surface area contributed by atoms with Gasteiger partial charge in [0.2, 0.25) is 5.91 Å². The molecule has 1 amide bonds. The van der Waals surface area contributed by atoms with Crippen LogP contribution in [0.25, 0.3) is 0 Å². The number of nitrogens with one attached hydrogen (secondary N) is 2. The van der Waals surface area contributed by atoms with Gasteiger partial charge in [0.25, 0.3) is 0 Å². The molecule has 0 aliphatic heterocycles. The van der Waals surface area contributed by atoms with Crippen molar-refractivity contribution in [2.75, 3.05) is 11.9 Å². The number of hydrogen-bond donors (Lipinski definition) is 2. The molecule has 144 valence electrons. The molecular formula is C23H24ClN3O. The van der Waals surface area contributed by atoms with Crippen LogP contribution in [0.5, 0.6) is 0 Å². The second kappa shape index (κ2) is 9.38. The number of halogens is 1. The third kappa shape index (κ3) is 5.11. The second-order valence-electron chi connectivity index (χ2n) is 6.81. The van der Waals surface area contributed by atoms with Gasteiger partial charge < -0.3 is 10.6 Å². The molecule has 5 heteroatoms. The molecule has 0 saturated carbocycles. The Hall–Kier alpha value is -2.85. The van der Waals surface area contributed by atoms with Crippen LogP contribution in [0.3, 0.4) is 0 Å². The van der Waals surface area contributed by atoms with E-state index >= 15 is 0 Å². The Bertz CT molecular complexity index is 944. The predicted molar refractivity (Wildman–Crippen MR) is 115 cm³/mol. The van der Waals surface area contributed by atoms with Crippen LogP contribution in [-0.2, 0) is 11.2 Å². The van der Waals surface area contributed by atoms with E-state index in [0.717, 1.165) is 34.4 Å². The second-order valence-corrected chi connectivity index (χ2v) is 7.22. The molecule has 2 N–H and O–H groups in total. The van der Waals surface area contributed by atoms with Gasteiger partial charge in [0.15, 0.2) is 0 Å². The number of amides is 1. The molecule has 1 aromatic heterocycles. The van der Waals surface area contributed by atoms with Crippen molar-refractivity contribution < 1.29 is 4.79 Å². The summed E-state index contributed by atoms with van der Waals surface area (Å²) in [6.07, 6.45) is 4.27. The quantitative estimate of drug-likeness (QED) is 0.602. The number of nitrogens with zero attached hydrogens (tertiary/aromatic N) is 1. The average molecular weight is 394 g/mol. The van der Waals surface area contributed by atoms with Crippen molar-refractivity contribution in [3.63, 3.8) is 0 Å². The summed E-state index contributed by atoms with van der Waals surface area (Å²) in [6.45, 7) is 4.54. The third-order valence-corrected chi connectivity index (χ3v) is 4.96. The molecule has 0 bridgehead atoms. The Balaban J connectivity index is 1.77. The fraction of sp³-hybridized carbons (Fsp3) is 0.217. The van der Waals surface area contributed by atoms with Gasteiger partial charge in [-0.1, -0.05) is 41.9 Å². The lowest BCUT2D eigenvalue weighted by Crippen LogP contribution is -2.35. The van der Waals surface area contributed by atoms with Crippen LogP contribution in [0.4, 0.5) is 5.69 Å². The number of aromatic nitrogens is 1. The number of benzene rings is 2. The number of carbonyl (C=O) groups excluding carboxylic acids is 1. The maximum Gasteiger partial charge on any atom is 0.247 e.